The van der Waals surface area contributed by atoms with Gasteiger partial charge >= 0.3 is 0 Å². The molecule has 1 aliphatic rings. The maximum Gasteiger partial charge on any atom is 0.164 e. The summed E-state index contributed by atoms with van der Waals surface area (Å²) in [6.45, 7) is 4.01. The van der Waals surface area contributed by atoms with Crippen molar-refractivity contribution in [1.82, 2.24) is 0 Å². The third-order valence-corrected chi connectivity index (χ3v) is 6.21. The van der Waals surface area contributed by atoms with E-state index >= 15 is 0 Å². The fraction of sp³-hybridized carbons (Fsp3) is 0.136. The zero-order valence-corrected chi connectivity index (χ0v) is 20.0. The van der Waals surface area contributed by atoms with Crippen LogP contribution in [0.5, 0.6) is 5.75 Å². The molecule has 0 radical (unpaired) electrons. The van der Waals surface area contributed by atoms with Crippen LogP contribution in [0.15, 0.2) is 76.0 Å². The van der Waals surface area contributed by atoms with Crippen LogP contribution in [0.4, 0.5) is 5.69 Å². The molecule has 0 spiro atoms. The smallest absolute Gasteiger partial charge is 0.164 e. The van der Waals surface area contributed by atoms with Gasteiger partial charge in [-0.25, -0.2) is 0 Å². The first-order valence-corrected chi connectivity index (χ1v) is 11.3. The van der Waals surface area contributed by atoms with Crippen LogP contribution in [-0.2, 0) is 0 Å². The van der Waals surface area contributed by atoms with Crippen LogP contribution in [0.25, 0.3) is 0 Å². The molecule has 1 atom stereocenters. The molecule has 8 heteroatoms. The van der Waals surface area contributed by atoms with Gasteiger partial charge in [0.05, 0.1) is 21.3 Å². The number of halogens is 4. The monoisotopic (exact) mass is 498 g/mol. The fourth-order valence-corrected chi connectivity index (χ4v) is 4.31. The van der Waals surface area contributed by atoms with E-state index in [1.54, 1.807) is 30.5 Å². The van der Waals surface area contributed by atoms with E-state index in [4.69, 9.17) is 51.1 Å². The Morgan fingerprint density at radius 1 is 1.07 bits per heavy atom. The highest BCUT2D eigenvalue weighted by Crippen LogP contribution is 2.39. The van der Waals surface area contributed by atoms with E-state index in [-0.39, 0.29) is 5.92 Å². The van der Waals surface area contributed by atoms with Crippen molar-refractivity contribution in [3.8, 4) is 5.75 Å². The summed E-state index contributed by atoms with van der Waals surface area (Å²) in [7, 11) is 0. The minimum absolute atomic E-state index is 0.111. The summed E-state index contributed by atoms with van der Waals surface area (Å²) >= 11 is 26.3. The SMILES string of the molecule is C/C=C\C=C1\N=CC(Oc2c(Cl)cc(NSc3ccc(Cl)cc3Cl)cc2Cl)=CC1C. The Hall–Kier alpha value is -1.56. The molecule has 1 heterocycles. The summed E-state index contributed by atoms with van der Waals surface area (Å²) in [5.41, 5.74) is 1.67. The first kappa shape index (κ1) is 23.1. The first-order chi connectivity index (χ1) is 14.4. The van der Waals surface area contributed by atoms with E-state index in [2.05, 4.69) is 9.71 Å². The lowest BCUT2D eigenvalue weighted by atomic mass is 10.0. The van der Waals surface area contributed by atoms with E-state index in [0.717, 1.165) is 10.6 Å². The molecule has 3 nitrogen and oxygen atoms in total. The number of hydrogen-bond donors (Lipinski definition) is 1. The van der Waals surface area contributed by atoms with E-state index in [9.17, 15) is 0 Å². The number of ether oxygens (including phenoxy) is 1. The van der Waals surface area contributed by atoms with Gasteiger partial charge in [-0.15, -0.1) is 0 Å². The van der Waals surface area contributed by atoms with Gasteiger partial charge in [0.2, 0.25) is 0 Å². The molecule has 0 amide bonds. The van der Waals surface area contributed by atoms with Gasteiger partial charge in [-0.2, -0.15) is 0 Å². The predicted molar refractivity (Wildman–Crippen MR) is 132 cm³/mol. The molecule has 0 bridgehead atoms. The van der Waals surface area contributed by atoms with Gasteiger partial charge in [0, 0.05) is 27.2 Å². The van der Waals surface area contributed by atoms with Crippen molar-refractivity contribution in [1.29, 1.82) is 0 Å². The molecule has 0 saturated heterocycles. The standard InChI is InChI=1S/C22H18Cl4N2OS/c1-3-4-5-20-13(2)8-16(12-27-20)29-22-18(25)10-15(11-19(22)26)28-30-21-7-6-14(23)9-17(21)24/h3-13,28H,1-2H3/b4-3-,20-5+. The van der Waals surface area contributed by atoms with Crippen LogP contribution in [0.1, 0.15) is 13.8 Å². The summed E-state index contributed by atoms with van der Waals surface area (Å²) in [5, 5.41) is 1.89. The lowest BCUT2D eigenvalue weighted by Gasteiger charge is -2.17. The maximum atomic E-state index is 6.43. The maximum absolute atomic E-state index is 6.43. The number of anilines is 1. The molecule has 1 unspecified atom stereocenters. The van der Waals surface area contributed by atoms with Crippen molar-refractivity contribution in [3.63, 3.8) is 0 Å². The van der Waals surface area contributed by atoms with Crippen LogP contribution < -0.4 is 9.46 Å². The Kier molecular flexibility index (Phi) is 8.20. The molecule has 2 aromatic rings. The second kappa shape index (κ2) is 10.7. The molecule has 2 aromatic carbocycles. The van der Waals surface area contributed by atoms with Crippen molar-refractivity contribution < 1.29 is 4.74 Å². The number of nitrogens with one attached hydrogen (secondary N) is 1. The highest BCUT2D eigenvalue weighted by Gasteiger charge is 2.16. The quantitative estimate of drug-likeness (QED) is 0.403. The van der Waals surface area contributed by atoms with Crippen LogP contribution in [-0.4, -0.2) is 6.21 Å². The highest BCUT2D eigenvalue weighted by molar-refractivity contribution is 8.00. The second-order valence-corrected chi connectivity index (χ2v) is 8.89. The van der Waals surface area contributed by atoms with Gasteiger partial charge < -0.3 is 9.46 Å². The van der Waals surface area contributed by atoms with Gasteiger partial charge in [-0.3, -0.25) is 4.99 Å². The van der Waals surface area contributed by atoms with Crippen LogP contribution >= 0.6 is 58.4 Å². The van der Waals surface area contributed by atoms with Crippen molar-refractivity contribution in [3.05, 3.63) is 86.2 Å². The molecule has 3 rings (SSSR count). The average Bonchev–Trinajstić information content (AvgIpc) is 2.69. The van der Waals surface area contributed by atoms with Gasteiger partial charge in [-0.1, -0.05) is 65.5 Å². The summed E-state index contributed by atoms with van der Waals surface area (Å²) in [6, 6.07) is 8.76. The third kappa shape index (κ3) is 5.99. The van der Waals surface area contributed by atoms with Gasteiger partial charge in [-0.05, 0) is 61.4 Å². The largest absolute Gasteiger partial charge is 0.453 e. The fourth-order valence-electron chi connectivity index (χ4n) is 2.59. The average molecular weight is 500 g/mol. The molecule has 1 N–H and O–H groups in total. The molecule has 156 valence electrons. The summed E-state index contributed by atoms with van der Waals surface area (Å²) in [6.07, 6.45) is 9.52. The van der Waals surface area contributed by atoms with E-state index in [1.807, 2.05) is 44.2 Å². The number of rotatable bonds is 6. The molecule has 0 fully saturated rings. The van der Waals surface area contributed by atoms with E-state index < -0.39 is 0 Å². The van der Waals surface area contributed by atoms with Crippen molar-refractivity contribution >= 4 is 70.3 Å². The first-order valence-electron chi connectivity index (χ1n) is 9.01. The van der Waals surface area contributed by atoms with Gasteiger partial charge in [0.25, 0.3) is 0 Å². The van der Waals surface area contributed by atoms with Gasteiger partial charge in [0.15, 0.2) is 5.75 Å². The topological polar surface area (TPSA) is 33.6 Å². The van der Waals surface area contributed by atoms with Crippen molar-refractivity contribution in [2.24, 2.45) is 10.9 Å². The second-order valence-electron chi connectivity index (χ2n) is 6.38. The number of hydrogen-bond acceptors (Lipinski definition) is 4. The summed E-state index contributed by atoms with van der Waals surface area (Å²) < 4.78 is 9.10. The molecule has 30 heavy (non-hydrogen) atoms. The van der Waals surface area contributed by atoms with Crippen LogP contribution in [0.3, 0.4) is 0 Å². The number of dihydropyridines is 1. The lowest BCUT2D eigenvalue weighted by molar-refractivity contribution is 0.449. The van der Waals surface area contributed by atoms with E-state index in [0.29, 0.717) is 37.3 Å². The Balaban J connectivity index is 1.71. The normalized spacial score (nSPS) is 17.5. The number of benzene rings is 2. The molecule has 0 aromatic heterocycles. The number of allylic oxidation sites excluding steroid dienone is 5. The number of nitrogens with zero attached hydrogens (tertiary/aromatic N) is 1. The van der Waals surface area contributed by atoms with Crippen molar-refractivity contribution in [2.75, 3.05) is 4.72 Å². The Morgan fingerprint density at radius 3 is 2.43 bits per heavy atom. The summed E-state index contributed by atoms with van der Waals surface area (Å²) in [5.74, 6) is 1.08. The molecule has 0 saturated carbocycles. The lowest BCUT2D eigenvalue weighted by Crippen LogP contribution is -2.08. The molecule has 1 aliphatic heterocycles. The molecule has 0 aliphatic carbocycles. The minimum atomic E-state index is 0.111. The Bertz CT molecular complexity index is 1040. The zero-order chi connectivity index (χ0) is 21.7. The van der Waals surface area contributed by atoms with Crippen LogP contribution in [0.2, 0.25) is 20.1 Å². The van der Waals surface area contributed by atoms with Gasteiger partial charge in [0.1, 0.15) is 5.76 Å². The van der Waals surface area contributed by atoms with Crippen LogP contribution in [0, 0.1) is 5.92 Å². The van der Waals surface area contributed by atoms with Crippen molar-refractivity contribution in [2.45, 2.75) is 18.7 Å². The van der Waals surface area contributed by atoms with E-state index in [1.165, 1.54) is 11.9 Å². The minimum Gasteiger partial charge on any atom is -0.453 e. The molecular weight excluding hydrogens is 482 g/mol. The molecular formula is C22H18Cl4N2OS. The zero-order valence-electron chi connectivity index (χ0n) is 16.1. The Morgan fingerprint density at radius 2 is 1.80 bits per heavy atom. The number of aliphatic imine (C=N–C) groups is 1. The Labute approximate surface area is 200 Å². The predicted octanol–water partition coefficient (Wildman–Crippen LogP) is 8.86. The summed E-state index contributed by atoms with van der Waals surface area (Å²) in [4.78, 5) is 5.27. The third-order valence-electron chi connectivity index (χ3n) is 4.07. The highest BCUT2D eigenvalue weighted by atomic mass is 35.5.